The van der Waals surface area contributed by atoms with Crippen LogP contribution in [0.5, 0.6) is 23.0 Å². The third-order valence-electron chi connectivity index (χ3n) is 4.10. The average molecular weight is 393 g/mol. The second kappa shape index (κ2) is 6.63. The zero-order valence-corrected chi connectivity index (χ0v) is 14.8. The van der Waals surface area contributed by atoms with Gasteiger partial charge in [0.1, 0.15) is 11.3 Å². The number of ether oxygens (including phenoxy) is 4. The summed E-state index contributed by atoms with van der Waals surface area (Å²) < 4.78 is 61.0. The summed E-state index contributed by atoms with van der Waals surface area (Å²) >= 11 is 0. The van der Waals surface area contributed by atoms with Gasteiger partial charge in [-0.1, -0.05) is 0 Å². The van der Waals surface area contributed by atoms with Crippen LogP contribution in [0.1, 0.15) is 5.82 Å². The van der Waals surface area contributed by atoms with Gasteiger partial charge in [-0.05, 0) is 24.3 Å². The summed E-state index contributed by atoms with van der Waals surface area (Å²) in [6.07, 6.45) is -4.74. The number of nitrogens with one attached hydrogen (secondary N) is 1. The molecule has 1 N–H and O–H groups in total. The number of halogens is 3. The van der Waals surface area contributed by atoms with Gasteiger partial charge in [-0.3, -0.25) is 0 Å². The Balaban J connectivity index is 1.88. The third-order valence-corrected chi connectivity index (χ3v) is 4.10. The summed E-state index contributed by atoms with van der Waals surface area (Å²) in [4.78, 5) is 7.34. The number of alkyl halides is 3. The Bertz CT molecular complexity index is 1060. The second-order valence-corrected chi connectivity index (χ2v) is 5.78. The van der Waals surface area contributed by atoms with Crippen LogP contribution in [0.4, 0.5) is 24.7 Å². The topological polar surface area (TPSA) is 74.7 Å². The second-order valence-electron chi connectivity index (χ2n) is 5.78. The molecular formula is C18H14F3N3O4. The number of rotatable bonds is 4. The molecule has 0 saturated heterocycles. The number of fused-ring (bicyclic) bond motifs is 2. The van der Waals surface area contributed by atoms with Crippen LogP contribution in [0.15, 0.2) is 30.3 Å². The monoisotopic (exact) mass is 393 g/mol. The maximum atomic E-state index is 13.4. The lowest BCUT2D eigenvalue weighted by Gasteiger charge is -2.15. The van der Waals surface area contributed by atoms with Crippen molar-refractivity contribution in [3.8, 4) is 23.0 Å². The van der Waals surface area contributed by atoms with Crippen LogP contribution in [0, 0.1) is 0 Å². The number of methoxy groups -OCH3 is 2. The molecule has 0 unspecified atom stereocenters. The molecule has 1 aliphatic rings. The van der Waals surface area contributed by atoms with Gasteiger partial charge < -0.3 is 24.3 Å². The van der Waals surface area contributed by atoms with Gasteiger partial charge in [-0.25, -0.2) is 9.97 Å². The first-order valence-corrected chi connectivity index (χ1v) is 8.07. The highest BCUT2D eigenvalue weighted by atomic mass is 19.4. The van der Waals surface area contributed by atoms with E-state index in [0.29, 0.717) is 22.6 Å². The van der Waals surface area contributed by atoms with Crippen molar-refractivity contribution in [3.05, 3.63) is 36.2 Å². The van der Waals surface area contributed by atoms with Crippen LogP contribution in [0.25, 0.3) is 10.9 Å². The van der Waals surface area contributed by atoms with Crippen molar-refractivity contribution in [1.29, 1.82) is 0 Å². The Morgan fingerprint density at radius 1 is 1.00 bits per heavy atom. The molecule has 28 heavy (non-hydrogen) atoms. The Morgan fingerprint density at radius 3 is 2.50 bits per heavy atom. The molecule has 10 heteroatoms. The zero-order valence-electron chi connectivity index (χ0n) is 14.8. The van der Waals surface area contributed by atoms with E-state index in [1.807, 2.05) is 0 Å². The Kier molecular flexibility index (Phi) is 4.25. The molecular weight excluding hydrogens is 379 g/mol. The lowest BCUT2D eigenvalue weighted by molar-refractivity contribution is -0.144. The summed E-state index contributed by atoms with van der Waals surface area (Å²) in [5.41, 5.74) is 0.458. The number of nitrogens with zero attached hydrogens (tertiary/aromatic N) is 2. The summed E-state index contributed by atoms with van der Waals surface area (Å²) in [5.74, 6) is 0.0589. The molecule has 0 fully saturated rings. The maximum Gasteiger partial charge on any atom is 0.451 e. The van der Waals surface area contributed by atoms with Crippen molar-refractivity contribution >= 4 is 22.4 Å². The van der Waals surface area contributed by atoms with Crippen LogP contribution in [0.2, 0.25) is 0 Å². The van der Waals surface area contributed by atoms with Gasteiger partial charge in [0, 0.05) is 17.1 Å². The molecule has 7 nitrogen and oxygen atoms in total. The maximum absolute atomic E-state index is 13.4. The van der Waals surface area contributed by atoms with Gasteiger partial charge in [-0.2, -0.15) is 13.2 Å². The van der Waals surface area contributed by atoms with Gasteiger partial charge in [0.25, 0.3) is 0 Å². The first-order valence-electron chi connectivity index (χ1n) is 8.07. The highest BCUT2D eigenvalue weighted by Crippen LogP contribution is 2.40. The van der Waals surface area contributed by atoms with Crippen molar-refractivity contribution in [2.45, 2.75) is 6.18 Å². The highest BCUT2D eigenvalue weighted by Gasteiger charge is 2.36. The van der Waals surface area contributed by atoms with Gasteiger partial charge >= 0.3 is 6.18 Å². The van der Waals surface area contributed by atoms with Crippen molar-refractivity contribution in [2.24, 2.45) is 0 Å². The van der Waals surface area contributed by atoms with E-state index in [9.17, 15) is 13.2 Å². The van der Waals surface area contributed by atoms with Crippen LogP contribution in [-0.4, -0.2) is 31.0 Å². The standard InChI is InChI=1S/C18H14F3N3O4/c1-25-12-6-4-10-14(15(12)26-2)23-17(18(19,20)21)24-16(10)22-9-3-5-11-13(7-9)28-8-27-11/h3-7H,8H2,1-2H3,(H,22,23,24). The smallest absolute Gasteiger partial charge is 0.451 e. The van der Waals surface area contributed by atoms with E-state index in [4.69, 9.17) is 18.9 Å². The van der Waals surface area contributed by atoms with Gasteiger partial charge in [0.2, 0.25) is 12.6 Å². The molecule has 146 valence electrons. The van der Waals surface area contributed by atoms with E-state index in [2.05, 4.69) is 15.3 Å². The largest absolute Gasteiger partial charge is 0.493 e. The molecule has 1 aromatic heterocycles. The Hall–Kier alpha value is -3.43. The number of aromatic nitrogens is 2. The molecule has 0 radical (unpaired) electrons. The minimum atomic E-state index is -4.74. The highest BCUT2D eigenvalue weighted by molar-refractivity contribution is 5.96. The molecule has 0 aliphatic carbocycles. The predicted molar refractivity (Wildman–Crippen MR) is 93.5 cm³/mol. The van der Waals surface area contributed by atoms with E-state index < -0.39 is 12.0 Å². The van der Waals surface area contributed by atoms with Crippen molar-refractivity contribution < 1.29 is 32.1 Å². The Morgan fingerprint density at radius 2 is 1.79 bits per heavy atom. The molecule has 1 aliphatic heterocycles. The van der Waals surface area contributed by atoms with Gasteiger partial charge in [-0.15, -0.1) is 0 Å². The normalized spacial score (nSPS) is 12.9. The average Bonchev–Trinajstić information content (AvgIpc) is 3.13. The molecule has 0 spiro atoms. The van der Waals surface area contributed by atoms with Crippen LogP contribution < -0.4 is 24.3 Å². The van der Waals surface area contributed by atoms with Crippen LogP contribution in [-0.2, 0) is 6.18 Å². The van der Waals surface area contributed by atoms with Crippen LogP contribution >= 0.6 is 0 Å². The molecule has 0 saturated carbocycles. The zero-order chi connectivity index (χ0) is 19.9. The number of hydrogen-bond acceptors (Lipinski definition) is 7. The fraction of sp³-hybridized carbons (Fsp3) is 0.222. The number of anilines is 2. The lowest BCUT2D eigenvalue weighted by atomic mass is 10.2. The first-order chi connectivity index (χ1) is 13.4. The molecule has 2 aromatic carbocycles. The Labute approximate surface area is 157 Å². The van der Waals surface area contributed by atoms with Crippen molar-refractivity contribution in [2.75, 3.05) is 26.3 Å². The van der Waals surface area contributed by atoms with Crippen LogP contribution in [0.3, 0.4) is 0 Å². The van der Waals surface area contributed by atoms with E-state index in [-0.39, 0.29) is 29.6 Å². The molecule has 4 rings (SSSR count). The molecule has 2 heterocycles. The molecule has 0 atom stereocenters. The summed E-state index contributed by atoms with van der Waals surface area (Å²) in [7, 11) is 2.72. The molecule has 0 amide bonds. The van der Waals surface area contributed by atoms with E-state index in [1.165, 1.54) is 14.2 Å². The van der Waals surface area contributed by atoms with Crippen molar-refractivity contribution in [1.82, 2.24) is 9.97 Å². The predicted octanol–water partition coefficient (Wildman–Crippen LogP) is 4.14. The summed E-state index contributed by atoms with van der Waals surface area (Å²) in [6, 6.07) is 8.05. The van der Waals surface area contributed by atoms with Gasteiger partial charge in [0.05, 0.1) is 14.2 Å². The summed E-state index contributed by atoms with van der Waals surface area (Å²) in [5, 5.41) is 3.23. The fourth-order valence-electron chi connectivity index (χ4n) is 2.84. The van der Waals surface area contributed by atoms with E-state index in [0.717, 1.165) is 0 Å². The van der Waals surface area contributed by atoms with E-state index >= 15 is 0 Å². The quantitative estimate of drug-likeness (QED) is 0.714. The minimum absolute atomic E-state index is 0.0209. The fourth-order valence-corrected chi connectivity index (χ4v) is 2.84. The first kappa shape index (κ1) is 18.0. The third kappa shape index (κ3) is 3.06. The lowest BCUT2D eigenvalue weighted by Crippen LogP contribution is -2.13. The number of hydrogen-bond donors (Lipinski definition) is 1. The number of benzene rings is 2. The van der Waals surface area contributed by atoms with E-state index in [1.54, 1.807) is 30.3 Å². The van der Waals surface area contributed by atoms with Gasteiger partial charge in [0.15, 0.2) is 23.0 Å². The molecule has 3 aromatic rings. The molecule has 0 bridgehead atoms. The summed E-state index contributed by atoms with van der Waals surface area (Å²) in [6.45, 7) is 0.0877. The van der Waals surface area contributed by atoms with Crippen molar-refractivity contribution in [3.63, 3.8) is 0 Å². The minimum Gasteiger partial charge on any atom is -0.493 e. The SMILES string of the molecule is COc1ccc2c(Nc3ccc4c(c3)OCO4)nc(C(F)(F)F)nc2c1OC.